The van der Waals surface area contributed by atoms with Crippen molar-refractivity contribution in [3.05, 3.63) is 28.6 Å². The summed E-state index contributed by atoms with van der Waals surface area (Å²) in [6, 6.07) is 4.90. The predicted molar refractivity (Wildman–Crippen MR) is 93.0 cm³/mol. The average Bonchev–Trinajstić information content (AvgIpc) is 2.93. The Hall–Kier alpha value is -2.15. The minimum atomic E-state index is -0.391. The third kappa shape index (κ3) is 3.84. The molecule has 1 aromatic heterocycles. The lowest BCUT2D eigenvalue weighted by Crippen LogP contribution is -2.43. The van der Waals surface area contributed by atoms with E-state index in [-0.39, 0.29) is 23.2 Å². The van der Waals surface area contributed by atoms with Gasteiger partial charge in [0.2, 0.25) is 5.91 Å². The Balaban J connectivity index is 1.77. The molecule has 1 aliphatic carbocycles. The van der Waals surface area contributed by atoms with Crippen LogP contribution in [0.25, 0.3) is 11.1 Å². The van der Waals surface area contributed by atoms with E-state index in [9.17, 15) is 9.59 Å². The zero-order valence-electron chi connectivity index (χ0n) is 13.3. The molecule has 2 amide bonds. The molecule has 1 atom stereocenters. The SMILES string of the molecule is NC(=O)C[C@H](NC(=O)c1ccc2[nH]c(=S)oc2c1)C1CCCCC1. The van der Waals surface area contributed by atoms with Gasteiger partial charge in [0, 0.05) is 18.0 Å². The highest BCUT2D eigenvalue weighted by Crippen LogP contribution is 2.28. The Morgan fingerprint density at radius 2 is 2.08 bits per heavy atom. The third-order valence-corrected chi connectivity index (χ3v) is 4.83. The molecule has 0 aliphatic heterocycles. The van der Waals surface area contributed by atoms with E-state index in [4.69, 9.17) is 22.4 Å². The van der Waals surface area contributed by atoms with Crippen molar-refractivity contribution in [2.45, 2.75) is 44.6 Å². The van der Waals surface area contributed by atoms with Gasteiger partial charge in [0.05, 0.1) is 5.52 Å². The van der Waals surface area contributed by atoms with Crippen LogP contribution in [0.3, 0.4) is 0 Å². The van der Waals surface area contributed by atoms with Gasteiger partial charge in [0.15, 0.2) is 5.58 Å². The number of fused-ring (bicyclic) bond motifs is 1. The van der Waals surface area contributed by atoms with E-state index in [0.29, 0.717) is 17.1 Å². The third-order valence-electron chi connectivity index (χ3n) is 4.64. The standard InChI is InChI=1S/C17H21N3O3S/c18-15(21)9-13(10-4-2-1-3-5-10)19-16(22)11-6-7-12-14(8-11)23-17(24)20-12/h6-8,10,13H,1-5,9H2,(H2,18,21)(H,19,22)(H,20,24)/t13-/m0/s1. The molecular formula is C17H21N3O3S. The number of oxazole rings is 1. The highest BCUT2D eigenvalue weighted by Gasteiger charge is 2.27. The van der Waals surface area contributed by atoms with Crippen molar-refractivity contribution in [3.8, 4) is 0 Å². The van der Waals surface area contributed by atoms with Crippen LogP contribution in [0, 0.1) is 10.8 Å². The van der Waals surface area contributed by atoms with Crippen LogP contribution >= 0.6 is 12.2 Å². The van der Waals surface area contributed by atoms with Crippen LogP contribution in [0.1, 0.15) is 48.9 Å². The summed E-state index contributed by atoms with van der Waals surface area (Å²) in [7, 11) is 0. The fourth-order valence-corrected chi connectivity index (χ4v) is 3.63. The summed E-state index contributed by atoms with van der Waals surface area (Å²) in [5, 5.41) is 2.99. The maximum absolute atomic E-state index is 12.6. The molecule has 0 bridgehead atoms. The summed E-state index contributed by atoms with van der Waals surface area (Å²) < 4.78 is 5.35. The van der Waals surface area contributed by atoms with Crippen molar-refractivity contribution in [2.24, 2.45) is 11.7 Å². The molecule has 0 saturated heterocycles. The predicted octanol–water partition coefficient (Wildman–Crippen LogP) is 3.04. The highest BCUT2D eigenvalue weighted by molar-refractivity contribution is 7.71. The van der Waals surface area contributed by atoms with Gasteiger partial charge in [-0.05, 0) is 49.2 Å². The van der Waals surface area contributed by atoms with Crippen LogP contribution in [0.5, 0.6) is 0 Å². The van der Waals surface area contributed by atoms with E-state index in [1.807, 2.05) is 0 Å². The van der Waals surface area contributed by atoms with Crippen molar-refractivity contribution >= 4 is 35.1 Å². The second-order valence-corrected chi connectivity index (χ2v) is 6.74. The van der Waals surface area contributed by atoms with Gasteiger partial charge in [0.25, 0.3) is 10.7 Å². The molecule has 7 heteroatoms. The lowest BCUT2D eigenvalue weighted by molar-refractivity contribution is -0.118. The van der Waals surface area contributed by atoms with Crippen LogP contribution in [-0.2, 0) is 4.79 Å². The Morgan fingerprint density at radius 1 is 1.33 bits per heavy atom. The molecule has 128 valence electrons. The maximum Gasteiger partial charge on any atom is 0.266 e. The van der Waals surface area contributed by atoms with Crippen LogP contribution < -0.4 is 11.1 Å². The first-order valence-electron chi connectivity index (χ1n) is 8.25. The zero-order valence-corrected chi connectivity index (χ0v) is 14.2. The van der Waals surface area contributed by atoms with Gasteiger partial charge in [-0.2, -0.15) is 0 Å². The quantitative estimate of drug-likeness (QED) is 0.724. The molecule has 1 aromatic carbocycles. The van der Waals surface area contributed by atoms with E-state index < -0.39 is 5.91 Å². The lowest BCUT2D eigenvalue weighted by atomic mass is 9.82. The molecule has 0 unspecified atom stereocenters. The van der Waals surface area contributed by atoms with E-state index in [1.54, 1.807) is 18.2 Å². The number of nitrogens with one attached hydrogen (secondary N) is 2. The molecule has 1 saturated carbocycles. The topological polar surface area (TPSA) is 101 Å². The molecule has 24 heavy (non-hydrogen) atoms. The molecule has 0 spiro atoms. The Labute approximate surface area is 144 Å². The summed E-state index contributed by atoms with van der Waals surface area (Å²) in [5.41, 5.74) is 7.13. The van der Waals surface area contributed by atoms with E-state index >= 15 is 0 Å². The number of benzene rings is 1. The van der Waals surface area contributed by atoms with Crippen molar-refractivity contribution < 1.29 is 14.0 Å². The summed E-state index contributed by atoms with van der Waals surface area (Å²) in [4.78, 5) is 27.1. The summed E-state index contributed by atoms with van der Waals surface area (Å²) in [6.07, 6.45) is 5.68. The maximum atomic E-state index is 12.6. The molecule has 2 aromatic rings. The van der Waals surface area contributed by atoms with Gasteiger partial charge in [-0.1, -0.05) is 19.3 Å². The Bertz CT molecular complexity index is 805. The summed E-state index contributed by atoms with van der Waals surface area (Å²) >= 11 is 4.95. The first-order chi connectivity index (χ1) is 11.5. The fourth-order valence-electron chi connectivity index (χ4n) is 3.43. The molecule has 1 fully saturated rings. The van der Waals surface area contributed by atoms with Crippen molar-refractivity contribution in [2.75, 3.05) is 0 Å². The van der Waals surface area contributed by atoms with Gasteiger partial charge < -0.3 is 20.5 Å². The molecule has 6 nitrogen and oxygen atoms in total. The number of rotatable bonds is 5. The number of amides is 2. The number of aromatic amines is 1. The number of hydrogen-bond donors (Lipinski definition) is 3. The van der Waals surface area contributed by atoms with Crippen LogP contribution in [0.4, 0.5) is 0 Å². The zero-order chi connectivity index (χ0) is 17.1. The molecule has 1 heterocycles. The first-order valence-corrected chi connectivity index (χ1v) is 8.66. The first kappa shape index (κ1) is 16.7. The second kappa shape index (κ2) is 7.17. The number of hydrogen-bond acceptors (Lipinski definition) is 4. The van der Waals surface area contributed by atoms with Gasteiger partial charge in [-0.25, -0.2) is 0 Å². The van der Waals surface area contributed by atoms with Crippen molar-refractivity contribution in [3.63, 3.8) is 0 Å². The number of nitrogens with two attached hydrogens (primary N) is 1. The largest absolute Gasteiger partial charge is 0.429 e. The number of H-pyrrole nitrogens is 1. The number of aromatic nitrogens is 1. The highest BCUT2D eigenvalue weighted by atomic mass is 32.1. The number of carbonyl (C=O) groups is 2. The molecular weight excluding hydrogens is 326 g/mol. The van der Waals surface area contributed by atoms with E-state index in [1.165, 1.54) is 6.42 Å². The molecule has 1 aliphatic rings. The van der Waals surface area contributed by atoms with Crippen LogP contribution in [0.2, 0.25) is 0 Å². The Morgan fingerprint density at radius 3 is 2.79 bits per heavy atom. The molecule has 0 radical (unpaired) electrons. The Kier molecular flexibility index (Phi) is 4.99. The van der Waals surface area contributed by atoms with Crippen molar-refractivity contribution in [1.82, 2.24) is 10.3 Å². The smallest absolute Gasteiger partial charge is 0.266 e. The van der Waals surface area contributed by atoms with E-state index in [2.05, 4.69) is 10.3 Å². The van der Waals surface area contributed by atoms with Gasteiger partial charge in [0.1, 0.15) is 0 Å². The van der Waals surface area contributed by atoms with E-state index in [0.717, 1.165) is 31.2 Å². The van der Waals surface area contributed by atoms with Crippen LogP contribution in [0.15, 0.2) is 22.6 Å². The van der Waals surface area contributed by atoms with Gasteiger partial charge in [-0.15, -0.1) is 0 Å². The number of carbonyl (C=O) groups excluding carboxylic acids is 2. The van der Waals surface area contributed by atoms with Crippen molar-refractivity contribution in [1.29, 1.82) is 0 Å². The monoisotopic (exact) mass is 347 g/mol. The fraction of sp³-hybridized carbons (Fsp3) is 0.471. The minimum absolute atomic E-state index is 0.170. The normalized spacial score (nSPS) is 16.8. The minimum Gasteiger partial charge on any atom is -0.429 e. The molecule has 4 N–H and O–H groups in total. The van der Waals surface area contributed by atoms with Gasteiger partial charge >= 0.3 is 0 Å². The summed E-state index contributed by atoms with van der Waals surface area (Å²) in [5.74, 6) is -0.316. The second-order valence-electron chi connectivity index (χ2n) is 6.37. The van der Waals surface area contributed by atoms with Crippen LogP contribution in [-0.4, -0.2) is 22.8 Å². The summed E-state index contributed by atoms with van der Waals surface area (Å²) in [6.45, 7) is 0. The average molecular weight is 347 g/mol. The van der Waals surface area contributed by atoms with Gasteiger partial charge in [-0.3, -0.25) is 9.59 Å². The molecule has 3 rings (SSSR count). The number of primary amides is 1. The lowest BCUT2D eigenvalue weighted by Gasteiger charge is -2.30.